The van der Waals surface area contributed by atoms with Crippen LogP contribution in [0.15, 0.2) is 96.2 Å². The Labute approximate surface area is 158 Å². The van der Waals surface area contributed by atoms with Gasteiger partial charge in [-0.1, -0.05) is 71.9 Å². The van der Waals surface area contributed by atoms with Crippen LogP contribution in [-0.2, 0) is 4.84 Å². The Hall–Kier alpha value is -3.66. The molecule has 0 radical (unpaired) electrons. The molecule has 0 aromatic heterocycles. The van der Waals surface area contributed by atoms with Crippen molar-refractivity contribution in [2.45, 2.75) is 0 Å². The van der Waals surface area contributed by atoms with Gasteiger partial charge in [0.2, 0.25) is 0 Å². The molecule has 0 heterocycles. The fourth-order valence-electron chi connectivity index (χ4n) is 2.51. The van der Waals surface area contributed by atoms with Gasteiger partial charge in [0.1, 0.15) is 18.6 Å². The molecule has 3 aromatic carbocycles. The van der Waals surface area contributed by atoms with Gasteiger partial charge in [-0.15, -0.1) is 0 Å². The maximum absolute atomic E-state index is 12.4. The second-order valence-corrected chi connectivity index (χ2v) is 5.65. The zero-order chi connectivity index (χ0) is 18.9. The molecule has 3 rings (SSSR count). The third-order valence-corrected chi connectivity index (χ3v) is 3.80. The van der Waals surface area contributed by atoms with E-state index in [0.29, 0.717) is 22.6 Å². The van der Waals surface area contributed by atoms with E-state index in [-0.39, 0.29) is 0 Å². The Morgan fingerprint density at radius 2 is 1.48 bits per heavy atom. The molecule has 0 aliphatic rings. The highest BCUT2D eigenvalue weighted by Crippen LogP contribution is 2.21. The largest absolute Gasteiger partial charge is 0.422 e. The van der Waals surface area contributed by atoms with Crippen molar-refractivity contribution in [3.63, 3.8) is 0 Å². The van der Waals surface area contributed by atoms with E-state index < -0.39 is 5.97 Å². The number of benzene rings is 3. The van der Waals surface area contributed by atoms with Crippen molar-refractivity contribution in [3.8, 4) is 5.75 Å². The van der Waals surface area contributed by atoms with Gasteiger partial charge >= 0.3 is 5.97 Å². The molecule has 4 heteroatoms. The summed E-state index contributed by atoms with van der Waals surface area (Å²) in [6.07, 6.45) is 3.75. The van der Waals surface area contributed by atoms with Crippen molar-refractivity contribution >= 4 is 17.8 Å². The molecule has 27 heavy (non-hydrogen) atoms. The van der Waals surface area contributed by atoms with Crippen molar-refractivity contribution in [3.05, 3.63) is 108 Å². The standard InChI is InChI=1S/C23H19NO3/c1-26-24-21(17-16-18-10-4-2-5-11-18)20-14-8-9-15-22(20)27-23(25)19-12-6-3-7-13-19/h2-17H,1H3/b17-16+,24-21+. The molecule has 0 spiro atoms. The first-order valence-electron chi connectivity index (χ1n) is 8.49. The Morgan fingerprint density at radius 3 is 2.19 bits per heavy atom. The topological polar surface area (TPSA) is 47.9 Å². The number of ether oxygens (including phenoxy) is 1. The lowest BCUT2D eigenvalue weighted by atomic mass is 10.1. The molecule has 3 aromatic rings. The van der Waals surface area contributed by atoms with Crippen LogP contribution in [0.2, 0.25) is 0 Å². The van der Waals surface area contributed by atoms with Gasteiger partial charge in [-0.05, 0) is 35.9 Å². The zero-order valence-electron chi connectivity index (χ0n) is 14.9. The number of oxime groups is 1. The third-order valence-electron chi connectivity index (χ3n) is 3.80. The molecule has 0 unspecified atom stereocenters. The minimum atomic E-state index is -0.424. The first-order valence-corrected chi connectivity index (χ1v) is 8.49. The summed E-state index contributed by atoms with van der Waals surface area (Å²) in [5.74, 6) is -0.00767. The van der Waals surface area contributed by atoms with Crippen molar-refractivity contribution in [1.82, 2.24) is 0 Å². The van der Waals surface area contributed by atoms with Crippen LogP contribution in [0, 0.1) is 0 Å². The van der Waals surface area contributed by atoms with Gasteiger partial charge < -0.3 is 9.57 Å². The summed E-state index contributed by atoms with van der Waals surface area (Å²) in [7, 11) is 1.48. The SMILES string of the molecule is CO/N=C(\C=C\c1ccccc1)c1ccccc1OC(=O)c1ccccc1. The summed E-state index contributed by atoms with van der Waals surface area (Å²) in [5.41, 5.74) is 2.73. The van der Waals surface area contributed by atoms with Crippen molar-refractivity contribution in [2.75, 3.05) is 7.11 Å². The average molecular weight is 357 g/mol. The average Bonchev–Trinajstić information content (AvgIpc) is 2.73. The number of esters is 1. The molecule has 4 nitrogen and oxygen atoms in total. The lowest BCUT2D eigenvalue weighted by molar-refractivity contribution is 0.0734. The van der Waals surface area contributed by atoms with Gasteiger partial charge in [0.05, 0.1) is 5.56 Å². The van der Waals surface area contributed by atoms with Crippen LogP contribution in [0.3, 0.4) is 0 Å². The van der Waals surface area contributed by atoms with Crippen LogP contribution in [0.4, 0.5) is 0 Å². The van der Waals surface area contributed by atoms with Crippen LogP contribution < -0.4 is 4.74 Å². The summed E-state index contributed by atoms with van der Waals surface area (Å²) in [5, 5.41) is 4.09. The van der Waals surface area contributed by atoms with Crippen LogP contribution in [-0.4, -0.2) is 18.8 Å². The zero-order valence-corrected chi connectivity index (χ0v) is 14.9. The molecule has 0 saturated carbocycles. The van der Waals surface area contributed by atoms with E-state index in [4.69, 9.17) is 9.57 Å². The fraction of sp³-hybridized carbons (Fsp3) is 0.0435. The van der Waals surface area contributed by atoms with Crippen LogP contribution in [0.1, 0.15) is 21.5 Å². The van der Waals surface area contributed by atoms with E-state index in [0.717, 1.165) is 5.56 Å². The molecule has 0 N–H and O–H groups in total. The lowest BCUT2D eigenvalue weighted by Gasteiger charge is -2.10. The number of carbonyl (C=O) groups excluding carboxylic acids is 1. The van der Waals surface area contributed by atoms with Gasteiger partial charge in [-0.25, -0.2) is 4.79 Å². The second-order valence-electron chi connectivity index (χ2n) is 5.65. The molecule has 0 amide bonds. The van der Waals surface area contributed by atoms with Gasteiger partial charge in [0.15, 0.2) is 0 Å². The molecule has 0 atom stereocenters. The van der Waals surface area contributed by atoms with Crippen molar-refractivity contribution in [1.29, 1.82) is 0 Å². The third kappa shape index (κ3) is 4.92. The van der Waals surface area contributed by atoms with E-state index in [9.17, 15) is 4.79 Å². The molecular formula is C23H19NO3. The first kappa shape index (κ1) is 18.1. The first-order chi connectivity index (χ1) is 13.3. The summed E-state index contributed by atoms with van der Waals surface area (Å²) >= 11 is 0. The van der Waals surface area contributed by atoms with E-state index in [1.165, 1.54) is 7.11 Å². The number of para-hydroxylation sites is 1. The molecule has 0 bridgehead atoms. The van der Waals surface area contributed by atoms with Gasteiger partial charge in [0.25, 0.3) is 0 Å². The lowest BCUT2D eigenvalue weighted by Crippen LogP contribution is -2.11. The summed E-state index contributed by atoms with van der Waals surface area (Å²) in [4.78, 5) is 17.4. The predicted molar refractivity (Wildman–Crippen MR) is 107 cm³/mol. The summed E-state index contributed by atoms with van der Waals surface area (Å²) < 4.78 is 5.60. The molecule has 0 aliphatic heterocycles. The Balaban J connectivity index is 1.89. The number of rotatable bonds is 6. The smallest absolute Gasteiger partial charge is 0.343 e. The van der Waals surface area contributed by atoms with Crippen LogP contribution in [0.25, 0.3) is 6.08 Å². The molecule has 0 saturated heterocycles. The normalized spacial score (nSPS) is 11.4. The van der Waals surface area contributed by atoms with Gasteiger partial charge in [-0.3, -0.25) is 0 Å². The van der Waals surface area contributed by atoms with Crippen molar-refractivity contribution < 1.29 is 14.4 Å². The van der Waals surface area contributed by atoms with E-state index >= 15 is 0 Å². The minimum Gasteiger partial charge on any atom is -0.422 e. The number of hydrogen-bond acceptors (Lipinski definition) is 4. The number of nitrogens with zero attached hydrogens (tertiary/aromatic N) is 1. The highest BCUT2D eigenvalue weighted by atomic mass is 16.6. The van der Waals surface area contributed by atoms with Gasteiger partial charge in [-0.2, -0.15) is 0 Å². The maximum atomic E-state index is 12.4. The van der Waals surface area contributed by atoms with E-state index in [2.05, 4.69) is 5.16 Å². The number of carbonyl (C=O) groups is 1. The number of hydrogen-bond donors (Lipinski definition) is 0. The van der Waals surface area contributed by atoms with E-state index in [1.807, 2.05) is 66.7 Å². The monoisotopic (exact) mass is 357 g/mol. The quantitative estimate of drug-likeness (QED) is 0.271. The molecular weight excluding hydrogens is 338 g/mol. The second kappa shape index (κ2) is 9.15. The van der Waals surface area contributed by atoms with Gasteiger partial charge in [0, 0.05) is 5.56 Å². The Kier molecular flexibility index (Phi) is 6.15. The van der Waals surface area contributed by atoms with E-state index in [1.54, 1.807) is 30.3 Å². The maximum Gasteiger partial charge on any atom is 0.343 e. The van der Waals surface area contributed by atoms with Crippen LogP contribution >= 0.6 is 0 Å². The number of allylic oxidation sites excluding steroid dienone is 1. The van der Waals surface area contributed by atoms with Crippen molar-refractivity contribution in [2.24, 2.45) is 5.16 Å². The van der Waals surface area contributed by atoms with Crippen LogP contribution in [0.5, 0.6) is 5.75 Å². The minimum absolute atomic E-state index is 0.417. The molecule has 134 valence electrons. The highest BCUT2D eigenvalue weighted by Gasteiger charge is 2.14. The molecule has 0 aliphatic carbocycles. The predicted octanol–water partition coefficient (Wildman–Crippen LogP) is 4.97. The fourth-order valence-corrected chi connectivity index (χ4v) is 2.51. The summed E-state index contributed by atoms with van der Waals surface area (Å²) in [6.45, 7) is 0. The highest BCUT2D eigenvalue weighted by molar-refractivity contribution is 6.12. The molecule has 0 fully saturated rings. The summed E-state index contributed by atoms with van der Waals surface area (Å²) in [6, 6.07) is 26.0. The Bertz CT molecular complexity index is 948. The Morgan fingerprint density at radius 1 is 0.852 bits per heavy atom.